The van der Waals surface area contributed by atoms with Crippen LogP contribution >= 0.6 is 24.0 Å². The lowest BCUT2D eigenvalue weighted by Gasteiger charge is -2.26. The highest BCUT2D eigenvalue weighted by molar-refractivity contribution is 6.31. The van der Waals surface area contributed by atoms with Crippen LogP contribution in [0.1, 0.15) is 43.0 Å². The molecular formula is C16H23Cl2N3O2. The Labute approximate surface area is 147 Å². The van der Waals surface area contributed by atoms with E-state index in [-0.39, 0.29) is 36.2 Å². The molecule has 0 spiro atoms. The molecule has 7 heteroatoms. The van der Waals surface area contributed by atoms with Gasteiger partial charge in [0.15, 0.2) is 0 Å². The summed E-state index contributed by atoms with van der Waals surface area (Å²) in [5.41, 5.74) is 6.80. The minimum absolute atomic E-state index is 0. The van der Waals surface area contributed by atoms with Gasteiger partial charge in [0.1, 0.15) is 0 Å². The molecule has 128 valence electrons. The van der Waals surface area contributed by atoms with E-state index in [0.29, 0.717) is 29.2 Å². The Hall–Kier alpha value is -1.30. The average Bonchev–Trinajstić information content (AvgIpc) is 2.49. The second kappa shape index (κ2) is 9.11. The second-order valence-electron chi connectivity index (χ2n) is 5.66. The zero-order chi connectivity index (χ0) is 16.1. The Bertz CT molecular complexity index is 566. The van der Waals surface area contributed by atoms with Gasteiger partial charge in [-0.1, -0.05) is 18.0 Å². The number of halogens is 2. The predicted molar refractivity (Wildman–Crippen MR) is 95.3 cm³/mol. The number of rotatable bonds is 4. The van der Waals surface area contributed by atoms with E-state index in [1.54, 1.807) is 18.2 Å². The highest BCUT2D eigenvalue weighted by Crippen LogP contribution is 2.26. The maximum Gasteiger partial charge on any atom is 0.253 e. The average molecular weight is 360 g/mol. The third-order valence-corrected chi connectivity index (χ3v) is 4.14. The molecule has 0 bridgehead atoms. The summed E-state index contributed by atoms with van der Waals surface area (Å²) in [4.78, 5) is 24.5. The molecule has 5 nitrogen and oxygen atoms in total. The summed E-state index contributed by atoms with van der Waals surface area (Å²) in [7, 11) is 0. The number of benzene rings is 1. The Balaban J connectivity index is 0.00000264. The van der Waals surface area contributed by atoms with E-state index in [0.717, 1.165) is 19.3 Å². The van der Waals surface area contributed by atoms with E-state index < -0.39 is 0 Å². The summed E-state index contributed by atoms with van der Waals surface area (Å²) in [6.45, 7) is 2.35. The van der Waals surface area contributed by atoms with E-state index >= 15 is 0 Å². The summed E-state index contributed by atoms with van der Waals surface area (Å²) in [5, 5.41) is 6.03. The van der Waals surface area contributed by atoms with Gasteiger partial charge in [-0.05, 0) is 44.4 Å². The number of carbonyl (C=O) groups is 2. The smallest absolute Gasteiger partial charge is 0.253 e. The van der Waals surface area contributed by atoms with Gasteiger partial charge in [0.25, 0.3) is 5.91 Å². The molecule has 23 heavy (non-hydrogen) atoms. The number of anilines is 1. The zero-order valence-corrected chi connectivity index (χ0v) is 14.7. The SMILES string of the molecule is CCNC(=O)c1cc(Cl)ccc1NC(=O)C1CCCC(N)C1.Cl. The number of hydrogen-bond acceptors (Lipinski definition) is 3. The molecule has 0 aromatic heterocycles. The largest absolute Gasteiger partial charge is 0.352 e. The molecule has 2 amide bonds. The summed E-state index contributed by atoms with van der Waals surface area (Å²) < 4.78 is 0. The Morgan fingerprint density at radius 2 is 2.09 bits per heavy atom. The van der Waals surface area contributed by atoms with Crippen molar-refractivity contribution < 1.29 is 9.59 Å². The monoisotopic (exact) mass is 359 g/mol. The van der Waals surface area contributed by atoms with Gasteiger partial charge in [0.2, 0.25) is 5.91 Å². The lowest BCUT2D eigenvalue weighted by molar-refractivity contribution is -0.120. The van der Waals surface area contributed by atoms with Gasteiger partial charge in [0.05, 0.1) is 11.3 Å². The van der Waals surface area contributed by atoms with Gasteiger partial charge in [-0.15, -0.1) is 12.4 Å². The predicted octanol–water partition coefficient (Wildman–Crippen LogP) is 2.97. The van der Waals surface area contributed by atoms with Gasteiger partial charge in [-0.2, -0.15) is 0 Å². The molecular weight excluding hydrogens is 337 g/mol. The highest BCUT2D eigenvalue weighted by atomic mass is 35.5. The van der Waals surface area contributed by atoms with Crippen molar-refractivity contribution in [3.63, 3.8) is 0 Å². The van der Waals surface area contributed by atoms with E-state index in [2.05, 4.69) is 10.6 Å². The lowest BCUT2D eigenvalue weighted by Crippen LogP contribution is -2.34. The normalized spacial score (nSPS) is 20.3. The number of nitrogens with two attached hydrogens (primary N) is 1. The van der Waals surface area contributed by atoms with Crippen molar-refractivity contribution in [1.29, 1.82) is 0 Å². The third-order valence-electron chi connectivity index (χ3n) is 3.91. The molecule has 0 radical (unpaired) electrons. The first-order valence-electron chi connectivity index (χ1n) is 7.65. The van der Waals surface area contributed by atoms with Crippen molar-refractivity contribution in [2.45, 2.75) is 38.6 Å². The van der Waals surface area contributed by atoms with Crippen molar-refractivity contribution >= 4 is 41.5 Å². The van der Waals surface area contributed by atoms with Crippen molar-refractivity contribution in [2.75, 3.05) is 11.9 Å². The first kappa shape index (κ1) is 19.7. The molecule has 0 aliphatic heterocycles. The van der Waals surface area contributed by atoms with Crippen LogP contribution in [0.3, 0.4) is 0 Å². The van der Waals surface area contributed by atoms with E-state index in [4.69, 9.17) is 17.3 Å². The molecule has 0 heterocycles. The Morgan fingerprint density at radius 3 is 2.74 bits per heavy atom. The van der Waals surface area contributed by atoms with Crippen molar-refractivity contribution in [3.05, 3.63) is 28.8 Å². The third kappa shape index (κ3) is 5.37. The molecule has 2 atom stereocenters. The summed E-state index contributed by atoms with van der Waals surface area (Å²) in [5.74, 6) is -0.426. The first-order valence-corrected chi connectivity index (χ1v) is 8.03. The van der Waals surface area contributed by atoms with Crippen molar-refractivity contribution in [3.8, 4) is 0 Å². The van der Waals surface area contributed by atoms with Crippen LogP contribution < -0.4 is 16.4 Å². The van der Waals surface area contributed by atoms with E-state index in [1.807, 2.05) is 6.92 Å². The van der Waals surface area contributed by atoms with Crippen LogP contribution in [0.25, 0.3) is 0 Å². The summed E-state index contributed by atoms with van der Waals surface area (Å²) in [6.07, 6.45) is 3.46. The minimum atomic E-state index is -0.249. The van der Waals surface area contributed by atoms with Crippen LogP contribution in [-0.4, -0.2) is 24.4 Å². The Morgan fingerprint density at radius 1 is 1.35 bits per heavy atom. The zero-order valence-electron chi connectivity index (χ0n) is 13.1. The van der Waals surface area contributed by atoms with Crippen molar-refractivity contribution in [2.24, 2.45) is 11.7 Å². The quantitative estimate of drug-likeness (QED) is 0.772. The Kier molecular flexibility index (Phi) is 7.82. The highest BCUT2D eigenvalue weighted by Gasteiger charge is 2.26. The minimum Gasteiger partial charge on any atom is -0.352 e. The molecule has 2 rings (SSSR count). The van der Waals surface area contributed by atoms with Crippen LogP contribution in [0.5, 0.6) is 0 Å². The second-order valence-corrected chi connectivity index (χ2v) is 6.10. The van der Waals surface area contributed by atoms with E-state index in [9.17, 15) is 9.59 Å². The fourth-order valence-electron chi connectivity index (χ4n) is 2.77. The summed E-state index contributed by atoms with van der Waals surface area (Å²) in [6, 6.07) is 4.96. The van der Waals surface area contributed by atoms with Crippen molar-refractivity contribution in [1.82, 2.24) is 5.32 Å². The lowest BCUT2D eigenvalue weighted by atomic mass is 9.85. The molecule has 1 aliphatic carbocycles. The van der Waals surface area contributed by atoms with Crippen LogP contribution in [0.15, 0.2) is 18.2 Å². The fraction of sp³-hybridized carbons (Fsp3) is 0.500. The first-order chi connectivity index (χ1) is 10.5. The van der Waals surface area contributed by atoms with Gasteiger partial charge < -0.3 is 16.4 Å². The van der Waals surface area contributed by atoms with Crippen LogP contribution in [-0.2, 0) is 4.79 Å². The summed E-state index contributed by atoms with van der Waals surface area (Å²) >= 11 is 5.96. The number of nitrogens with one attached hydrogen (secondary N) is 2. The van der Waals surface area contributed by atoms with Crippen LogP contribution in [0.4, 0.5) is 5.69 Å². The molecule has 1 aromatic rings. The maximum atomic E-state index is 12.4. The topological polar surface area (TPSA) is 84.2 Å². The number of hydrogen-bond donors (Lipinski definition) is 3. The maximum absolute atomic E-state index is 12.4. The molecule has 0 saturated heterocycles. The molecule has 4 N–H and O–H groups in total. The molecule has 1 aromatic carbocycles. The number of carbonyl (C=O) groups excluding carboxylic acids is 2. The van der Waals surface area contributed by atoms with Crippen LogP contribution in [0, 0.1) is 5.92 Å². The van der Waals surface area contributed by atoms with Gasteiger partial charge in [-0.3, -0.25) is 9.59 Å². The van der Waals surface area contributed by atoms with Gasteiger partial charge in [-0.25, -0.2) is 0 Å². The van der Waals surface area contributed by atoms with Gasteiger partial charge in [0, 0.05) is 23.5 Å². The number of amides is 2. The molecule has 1 saturated carbocycles. The standard InChI is InChI=1S/C16H22ClN3O2.ClH/c1-2-19-16(22)13-9-11(17)6-7-14(13)20-15(21)10-4-3-5-12(18)8-10;/h6-7,9-10,12H,2-5,8,18H2,1H3,(H,19,22)(H,20,21);1H. The van der Waals surface area contributed by atoms with Gasteiger partial charge >= 0.3 is 0 Å². The molecule has 1 fully saturated rings. The molecule has 1 aliphatic rings. The molecule has 2 unspecified atom stereocenters. The van der Waals surface area contributed by atoms with E-state index in [1.165, 1.54) is 0 Å². The van der Waals surface area contributed by atoms with Crippen LogP contribution in [0.2, 0.25) is 5.02 Å². The fourth-order valence-corrected chi connectivity index (χ4v) is 2.94.